The summed E-state index contributed by atoms with van der Waals surface area (Å²) >= 11 is 5.48. The Bertz CT molecular complexity index is 364. The number of hydrogen-bond acceptors (Lipinski definition) is 4. The van der Waals surface area contributed by atoms with Crippen LogP contribution in [0.25, 0.3) is 0 Å². The number of carbonyl (C=O) groups is 1. The number of morpholine rings is 1. The van der Waals surface area contributed by atoms with Crippen LogP contribution >= 0.6 is 11.6 Å². The average Bonchev–Trinajstić information content (AvgIpc) is 2.30. The van der Waals surface area contributed by atoms with E-state index in [1.54, 1.807) is 18.3 Å². The predicted molar refractivity (Wildman–Crippen MR) is 56.0 cm³/mol. The van der Waals surface area contributed by atoms with E-state index in [1.165, 1.54) is 0 Å². The molecule has 2 heterocycles. The molecule has 2 rings (SSSR count). The van der Waals surface area contributed by atoms with Crippen LogP contribution in [0.4, 0.5) is 0 Å². The number of nitrogens with one attached hydrogen (secondary N) is 1. The molecule has 1 aliphatic heterocycles. The number of hydrogen-bond donors (Lipinski definition) is 1. The molecule has 4 nitrogen and oxygen atoms in total. The van der Waals surface area contributed by atoms with E-state index in [-0.39, 0.29) is 6.04 Å². The molecule has 1 aromatic rings. The fourth-order valence-electron chi connectivity index (χ4n) is 1.60. The van der Waals surface area contributed by atoms with Crippen molar-refractivity contribution in [1.29, 1.82) is 0 Å². The highest BCUT2D eigenvalue weighted by Crippen LogP contribution is 2.19. The molecule has 1 saturated heterocycles. The highest BCUT2D eigenvalue weighted by atomic mass is 35.5. The lowest BCUT2D eigenvalue weighted by Crippen LogP contribution is -2.35. The van der Waals surface area contributed by atoms with E-state index in [9.17, 15) is 4.79 Å². The van der Waals surface area contributed by atoms with Crippen molar-refractivity contribution < 1.29 is 9.53 Å². The molecule has 0 aromatic carbocycles. The van der Waals surface area contributed by atoms with Crippen LogP contribution in [0.2, 0.25) is 0 Å². The van der Waals surface area contributed by atoms with E-state index in [4.69, 9.17) is 16.3 Å². The van der Waals surface area contributed by atoms with Gasteiger partial charge in [-0.3, -0.25) is 9.78 Å². The summed E-state index contributed by atoms with van der Waals surface area (Å²) in [7, 11) is 0. The summed E-state index contributed by atoms with van der Waals surface area (Å²) in [5, 5.41) is 2.75. The van der Waals surface area contributed by atoms with Crippen molar-refractivity contribution in [3.05, 3.63) is 29.6 Å². The van der Waals surface area contributed by atoms with Crippen LogP contribution < -0.4 is 5.32 Å². The number of rotatable bonds is 2. The van der Waals surface area contributed by atoms with E-state index in [1.807, 2.05) is 0 Å². The number of ether oxygens (including phenoxy) is 1. The number of nitrogens with zero attached hydrogens (tertiary/aromatic N) is 1. The van der Waals surface area contributed by atoms with Crippen molar-refractivity contribution in [2.24, 2.45) is 0 Å². The molecule has 1 aromatic heterocycles. The fourth-order valence-corrected chi connectivity index (χ4v) is 1.76. The highest BCUT2D eigenvalue weighted by Gasteiger charge is 2.21. The van der Waals surface area contributed by atoms with Crippen molar-refractivity contribution in [1.82, 2.24) is 10.3 Å². The average molecular weight is 227 g/mol. The molecule has 80 valence electrons. The van der Waals surface area contributed by atoms with Crippen LogP contribution in [0.3, 0.4) is 0 Å². The van der Waals surface area contributed by atoms with Crippen LogP contribution in [0.5, 0.6) is 0 Å². The standard InChI is InChI=1S/C10H11ClN2O2/c11-10(14)7-2-1-3-13-9(7)8-6-15-5-4-12-8/h1-3,8,12H,4-6H2. The number of halogens is 1. The molecule has 1 unspecified atom stereocenters. The summed E-state index contributed by atoms with van der Waals surface area (Å²) in [5.74, 6) is 0. The molecule has 5 heteroatoms. The van der Waals surface area contributed by atoms with Crippen LogP contribution in [0.15, 0.2) is 18.3 Å². The molecular weight excluding hydrogens is 216 g/mol. The van der Waals surface area contributed by atoms with E-state index in [0.717, 1.165) is 6.54 Å². The Morgan fingerprint density at radius 2 is 2.53 bits per heavy atom. The maximum absolute atomic E-state index is 11.2. The van der Waals surface area contributed by atoms with Crippen molar-refractivity contribution in [2.45, 2.75) is 6.04 Å². The van der Waals surface area contributed by atoms with Gasteiger partial charge in [0.05, 0.1) is 30.5 Å². The number of pyridine rings is 1. The summed E-state index contributed by atoms with van der Waals surface area (Å²) in [5.41, 5.74) is 1.11. The Morgan fingerprint density at radius 3 is 3.20 bits per heavy atom. The van der Waals surface area contributed by atoms with Gasteiger partial charge in [-0.2, -0.15) is 0 Å². The van der Waals surface area contributed by atoms with Gasteiger partial charge in [-0.05, 0) is 23.7 Å². The molecule has 0 spiro atoms. The zero-order valence-electron chi connectivity index (χ0n) is 8.07. The first-order valence-electron chi connectivity index (χ1n) is 4.75. The minimum Gasteiger partial charge on any atom is -0.378 e. The van der Waals surface area contributed by atoms with Crippen LogP contribution in [0.1, 0.15) is 22.1 Å². The van der Waals surface area contributed by atoms with Crippen molar-refractivity contribution >= 4 is 16.8 Å². The van der Waals surface area contributed by atoms with E-state index >= 15 is 0 Å². The topological polar surface area (TPSA) is 51.2 Å². The third-order valence-electron chi connectivity index (χ3n) is 2.30. The van der Waals surface area contributed by atoms with Crippen molar-refractivity contribution in [3.8, 4) is 0 Å². The van der Waals surface area contributed by atoms with Crippen molar-refractivity contribution in [2.75, 3.05) is 19.8 Å². The normalized spacial score (nSPS) is 21.3. The van der Waals surface area contributed by atoms with Gasteiger partial charge in [0, 0.05) is 12.7 Å². The van der Waals surface area contributed by atoms with Gasteiger partial charge >= 0.3 is 0 Å². The summed E-state index contributed by atoms with van der Waals surface area (Å²) in [4.78, 5) is 15.3. The van der Waals surface area contributed by atoms with Crippen molar-refractivity contribution in [3.63, 3.8) is 0 Å². The third kappa shape index (κ3) is 2.34. The Hall–Kier alpha value is -0.970. The predicted octanol–water partition coefficient (Wildman–Crippen LogP) is 1.12. The maximum Gasteiger partial charge on any atom is 0.254 e. The second-order valence-electron chi connectivity index (χ2n) is 3.29. The molecule has 0 amide bonds. The molecule has 1 aliphatic rings. The lowest BCUT2D eigenvalue weighted by atomic mass is 10.1. The first kappa shape index (κ1) is 10.5. The summed E-state index contributed by atoms with van der Waals surface area (Å²) in [6, 6.07) is 3.33. The minimum atomic E-state index is -0.481. The lowest BCUT2D eigenvalue weighted by molar-refractivity contribution is 0.0751. The Balaban J connectivity index is 2.29. The van der Waals surface area contributed by atoms with Gasteiger partial charge in [-0.25, -0.2) is 0 Å². The van der Waals surface area contributed by atoms with Gasteiger partial charge in [0.25, 0.3) is 5.24 Å². The molecule has 15 heavy (non-hydrogen) atoms. The Labute approximate surface area is 92.6 Å². The molecule has 0 bridgehead atoms. The molecule has 0 radical (unpaired) electrons. The largest absolute Gasteiger partial charge is 0.378 e. The lowest BCUT2D eigenvalue weighted by Gasteiger charge is -2.24. The van der Waals surface area contributed by atoms with Crippen LogP contribution in [-0.2, 0) is 4.74 Å². The van der Waals surface area contributed by atoms with Gasteiger partial charge in [-0.1, -0.05) is 0 Å². The van der Waals surface area contributed by atoms with E-state index in [0.29, 0.717) is 24.5 Å². The summed E-state index contributed by atoms with van der Waals surface area (Å²) in [6.45, 7) is 1.97. The number of carbonyl (C=O) groups excluding carboxylic acids is 1. The van der Waals surface area contributed by atoms with Crippen LogP contribution in [0, 0.1) is 0 Å². The van der Waals surface area contributed by atoms with Gasteiger partial charge in [0.2, 0.25) is 0 Å². The second-order valence-corrected chi connectivity index (χ2v) is 3.63. The second kappa shape index (κ2) is 4.70. The SMILES string of the molecule is O=C(Cl)c1cccnc1C1COCCN1. The summed E-state index contributed by atoms with van der Waals surface area (Å²) in [6.07, 6.45) is 1.65. The van der Waals surface area contributed by atoms with Gasteiger partial charge in [0.15, 0.2) is 0 Å². The minimum absolute atomic E-state index is 0.0438. The molecule has 1 atom stereocenters. The summed E-state index contributed by atoms with van der Waals surface area (Å²) < 4.78 is 5.31. The molecular formula is C10H11ClN2O2. The monoisotopic (exact) mass is 226 g/mol. The Kier molecular flexibility index (Phi) is 3.30. The molecule has 1 N–H and O–H groups in total. The highest BCUT2D eigenvalue weighted by molar-refractivity contribution is 6.67. The van der Waals surface area contributed by atoms with Gasteiger partial charge in [0.1, 0.15) is 0 Å². The third-order valence-corrected chi connectivity index (χ3v) is 2.51. The zero-order chi connectivity index (χ0) is 10.7. The maximum atomic E-state index is 11.2. The zero-order valence-corrected chi connectivity index (χ0v) is 8.83. The fraction of sp³-hybridized carbons (Fsp3) is 0.400. The first-order chi connectivity index (χ1) is 7.29. The van der Waals surface area contributed by atoms with E-state index in [2.05, 4.69) is 10.3 Å². The van der Waals surface area contributed by atoms with E-state index < -0.39 is 5.24 Å². The molecule has 0 aliphatic carbocycles. The first-order valence-corrected chi connectivity index (χ1v) is 5.12. The smallest absolute Gasteiger partial charge is 0.254 e. The van der Waals surface area contributed by atoms with Gasteiger partial charge in [-0.15, -0.1) is 0 Å². The molecule has 1 fully saturated rings. The van der Waals surface area contributed by atoms with Gasteiger partial charge < -0.3 is 10.1 Å². The molecule has 0 saturated carbocycles. The number of aromatic nitrogens is 1. The quantitative estimate of drug-likeness (QED) is 0.768. The Morgan fingerprint density at radius 1 is 1.67 bits per heavy atom. The van der Waals surface area contributed by atoms with Crippen LogP contribution in [-0.4, -0.2) is 30.0 Å².